The summed E-state index contributed by atoms with van der Waals surface area (Å²) in [5.74, 6) is -0.000149. The Morgan fingerprint density at radius 3 is 2.34 bits per heavy atom. The lowest BCUT2D eigenvalue weighted by Gasteiger charge is -2.25. The minimum Gasteiger partial charge on any atom is -0.325 e. The zero-order valence-corrected chi connectivity index (χ0v) is 17.6. The Hall–Kier alpha value is -2.45. The van der Waals surface area contributed by atoms with Crippen LogP contribution in [0.15, 0.2) is 52.3 Å². The molecule has 1 aromatic carbocycles. The molecular formula is C21H27N3O4S. The number of carbonyl (C=O) groups excluding carboxylic acids is 1. The van der Waals surface area contributed by atoms with E-state index in [1.807, 2.05) is 24.3 Å². The maximum Gasteiger partial charge on any atom is 0.271 e. The van der Waals surface area contributed by atoms with Crippen LogP contribution in [0.4, 0.5) is 5.69 Å². The highest BCUT2D eigenvalue weighted by Crippen LogP contribution is 2.19. The lowest BCUT2D eigenvalue weighted by Crippen LogP contribution is -2.39. The highest BCUT2D eigenvalue weighted by Gasteiger charge is 2.28. The largest absolute Gasteiger partial charge is 0.325 e. The van der Waals surface area contributed by atoms with Gasteiger partial charge in [0.15, 0.2) is 0 Å². The van der Waals surface area contributed by atoms with Gasteiger partial charge >= 0.3 is 0 Å². The van der Waals surface area contributed by atoms with Gasteiger partial charge in [-0.3, -0.25) is 9.59 Å². The fraction of sp³-hybridized carbons (Fsp3) is 0.429. The molecule has 0 atom stereocenters. The minimum absolute atomic E-state index is 0.256. The first-order valence-corrected chi connectivity index (χ1v) is 11.3. The molecule has 0 saturated carbocycles. The SMILES string of the molecule is CC(C)c1ccc(NC(=O)Cn2cccc(S(=O)(=O)N3CCCCC3)c2=O)cc1. The zero-order valence-electron chi connectivity index (χ0n) is 16.8. The van der Waals surface area contributed by atoms with E-state index < -0.39 is 21.5 Å². The summed E-state index contributed by atoms with van der Waals surface area (Å²) in [6.07, 6.45) is 4.00. The van der Waals surface area contributed by atoms with Gasteiger partial charge in [0.1, 0.15) is 11.4 Å². The third-order valence-corrected chi connectivity index (χ3v) is 7.00. The smallest absolute Gasteiger partial charge is 0.271 e. The molecule has 0 bridgehead atoms. The second-order valence-electron chi connectivity index (χ2n) is 7.60. The molecule has 1 amide bonds. The van der Waals surface area contributed by atoms with Crippen molar-refractivity contribution in [2.45, 2.75) is 50.5 Å². The van der Waals surface area contributed by atoms with Gasteiger partial charge in [0, 0.05) is 25.0 Å². The Morgan fingerprint density at radius 1 is 1.07 bits per heavy atom. The predicted molar refractivity (Wildman–Crippen MR) is 112 cm³/mol. The lowest BCUT2D eigenvalue weighted by atomic mass is 10.0. The van der Waals surface area contributed by atoms with Crippen molar-refractivity contribution in [2.75, 3.05) is 18.4 Å². The summed E-state index contributed by atoms with van der Waals surface area (Å²) in [4.78, 5) is 24.8. The van der Waals surface area contributed by atoms with Gasteiger partial charge in [-0.15, -0.1) is 0 Å². The van der Waals surface area contributed by atoms with Crippen molar-refractivity contribution in [1.82, 2.24) is 8.87 Å². The maximum absolute atomic E-state index is 12.8. The minimum atomic E-state index is -3.85. The van der Waals surface area contributed by atoms with Gasteiger partial charge in [0.25, 0.3) is 5.56 Å². The number of sulfonamides is 1. The third kappa shape index (κ3) is 4.94. The van der Waals surface area contributed by atoms with E-state index in [1.165, 1.54) is 22.6 Å². The molecule has 1 saturated heterocycles. The van der Waals surface area contributed by atoms with Crippen LogP contribution in [-0.2, 0) is 21.4 Å². The molecule has 8 heteroatoms. The van der Waals surface area contributed by atoms with Crippen molar-refractivity contribution in [3.8, 4) is 0 Å². The van der Waals surface area contributed by atoms with E-state index in [-0.39, 0.29) is 11.4 Å². The van der Waals surface area contributed by atoms with Crippen LogP contribution in [-0.4, -0.2) is 36.3 Å². The molecule has 2 aromatic rings. The standard InChI is InChI=1S/C21H27N3O4S/c1-16(2)17-8-10-18(11-9-17)22-20(25)15-23-12-6-7-19(21(23)26)29(27,28)24-13-4-3-5-14-24/h6-12,16H,3-5,13-15H2,1-2H3,(H,22,25). The number of amides is 1. The Balaban J connectivity index is 1.75. The Morgan fingerprint density at radius 2 is 1.72 bits per heavy atom. The van der Waals surface area contributed by atoms with Gasteiger partial charge in [0.05, 0.1) is 0 Å². The maximum atomic E-state index is 12.8. The molecule has 0 unspecified atom stereocenters. The summed E-state index contributed by atoms with van der Waals surface area (Å²) >= 11 is 0. The van der Waals surface area contributed by atoms with Gasteiger partial charge < -0.3 is 9.88 Å². The molecule has 1 fully saturated rings. The molecule has 0 aliphatic carbocycles. The number of rotatable bonds is 6. The van der Waals surface area contributed by atoms with E-state index in [2.05, 4.69) is 19.2 Å². The van der Waals surface area contributed by atoms with E-state index in [9.17, 15) is 18.0 Å². The van der Waals surface area contributed by atoms with Crippen molar-refractivity contribution in [1.29, 1.82) is 0 Å². The van der Waals surface area contributed by atoms with Gasteiger partial charge in [-0.2, -0.15) is 4.31 Å². The summed E-state index contributed by atoms with van der Waals surface area (Å²) < 4.78 is 28.2. The summed E-state index contributed by atoms with van der Waals surface area (Å²) in [6, 6.07) is 10.3. The number of anilines is 1. The number of nitrogens with zero attached hydrogens (tertiary/aromatic N) is 2. The highest BCUT2D eigenvalue weighted by atomic mass is 32.2. The van der Waals surface area contributed by atoms with Crippen LogP contribution >= 0.6 is 0 Å². The molecule has 7 nitrogen and oxygen atoms in total. The summed E-state index contributed by atoms with van der Waals surface area (Å²) in [7, 11) is -3.85. The average molecular weight is 418 g/mol. The second kappa shape index (κ2) is 8.92. The fourth-order valence-corrected chi connectivity index (χ4v) is 4.99. The molecule has 1 N–H and O–H groups in total. The van der Waals surface area contributed by atoms with E-state index in [4.69, 9.17) is 0 Å². The Bertz CT molecular complexity index is 1020. The normalized spacial score (nSPS) is 15.4. The quantitative estimate of drug-likeness (QED) is 0.783. The van der Waals surface area contributed by atoms with Gasteiger partial charge in [-0.05, 0) is 48.6 Å². The molecule has 1 aliphatic rings. The van der Waals surface area contributed by atoms with Crippen LogP contribution in [0.2, 0.25) is 0 Å². The predicted octanol–water partition coefficient (Wildman–Crippen LogP) is 2.79. The number of nitrogens with one attached hydrogen (secondary N) is 1. The topological polar surface area (TPSA) is 88.5 Å². The fourth-order valence-electron chi connectivity index (χ4n) is 3.39. The van der Waals surface area contributed by atoms with Gasteiger partial charge in [-0.1, -0.05) is 32.4 Å². The number of hydrogen-bond donors (Lipinski definition) is 1. The van der Waals surface area contributed by atoms with Crippen molar-refractivity contribution >= 4 is 21.6 Å². The van der Waals surface area contributed by atoms with Crippen LogP contribution in [0, 0.1) is 0 Å². The Kier molecular flexibility index (Phi) is 6.54. The van der Waals surface area contributed by atoms with Crippen molar-refractivity contribution in [2.24, 2.45) is 0 Å². The van der Waals surface area contributed by atoms with Gasteiger partial charge in [0.2, 0.25) is 15.9 Å². The average Bonchev–Trinajstić information content (AvgIpc) is 2.70. The van der Waals surface area contributed by atoms with Gasteiger partial charge in [-0.25, -0.2) is 8.42 Å². The number of piperidine rings is 1. The second-order valence-corrected chi connectivity index (χ2v) is 9.50. The summed E-state index contributed by atoms with van der Waals surface area (Å²) in [5, 5.41) is 2.75. The monoisotopic (exact) mass is 417 g/mol. The molecule has 3 rings (SSSR count). The molecule has 1 aromatic heterocycles. The molecule has 29 heavy (non-hydrogen) atoms. The highest BCUT2D eigenvalue weighted by molar-refractivity contribution is 7.89. The van der Waals surface area contributed by atoms with Crippen molar-refractivity contribution < 1.29 is 13.2 Å². The van der Waals surface area contributed by atoms with Crippen LogP contribution < -0.4 is 10.9 Å². The third-order valence-electron chi connectivity index (χ3n) is 5.09. The van der Waals surface area contributed by atoms with E-state index in [1.54, 1.807) is 0 Å². The first-order valence-electron chi connectivity index (χ1n) is 9.88. The number of pyridine rings is 1. The van der Waals surface area contributed by atoms with Crippen LogP contribution in [0.3, 0.4) is 0 Å². The van der Waals surface area contributed by atoms with Crippen LogP contribution in [0.1, 0.15) is 44.6 Å². The number of aromatic nitrogens is 1. The number of carbonyl (C=O) groups is 1. The first kappa shape index (κ1) is 21.3. The van der Waals surface area contributed by atoms with Crippen LogP contribution in [0.5, 0.6) is 0 Å². The molecule has 156 valence electrons. The van der Waals surface area contributed by atoms with Crippen LogP contribution in [0.25, 0.3) is 0 Å². The van der Waals surface area contributed by atoms with Crippen molar-refractivity contribution in [3.05, 3.63) is 58.5 Å². The van der Waals surface area contributed by atoms with E-state index in [0.29, 0.717) is 24.7 Å². The van der Waals surface area contributed by atoms with E-state index in [0.717, 1.165) is 29.4 Å². The number of hydrogen-bond acceptors (Lipinski definition) is 4. The number of benzene rings is 1. The summed E-state index contributed by atoms with van der Waals surface area (Å²) in [5.41, 5.74) is 1.11. The van der Waals surface area contributed by atoms with E-state index >= 15 is 0 Å². The molecule has 1 aliphatic heterocycles. The molecular weight excluding hydrogens is 390 g/mol. The van der Waals surface area contributed by atoms with Crippen molar-refractivity contribution in [3.63, 3.8) is 0 Å². The molecule has 2 heterocycles. The lowest BCUT2D eigenvalue weighted by molar-refractivity contribution is -0.116. The summed E-state index contributed by atoms with van der Waals surface area (Å²) in [6.45, 7) is 4.76. The zero-order chi connectivity index (χ0) is 21.0. The molecule has 0 spiro atoms. The molecule has 0 radical (unpaired) electrons. The Labute approximate surface area is 171 Å². The first-order chi connectivity index (χ1) is 13.8.